The van der Waals surface area contributed by atoms with Crippen LogP contribution in [0.15, 0.2) is 54.9 Å². The van der Waals surface area contributed by atoms with Crippen molar-refractivity contribution in [2.75, 3.05) is 14.2 Å². The van der Waals surface area contributed by atoms with Gasteiger partial charge in [-0.3, -0.25) is 14.9 Å². The third-order valence-electron chi connectivity index (χ3n) is 4.03. The van der Waals surface area contributed by atoms with Crippen molar-refractivity contribution in [1.29, 1.82) is 0 Å². The molecule has 0 spiro atoms. The molecule has 0 aliphatic heterocycles. The van der Waals surface area contributed by atoms with Crippen molar-refractivity contribution < 1.29 is 19.2 Å². The topological polar surface area (TPSA) is 94.5 Å². The number of methoxy groups -OCH3 is 2. The van der Waals surface area contributed by atoms with Gasteiger partial charge in [0.2, 0.25) is 5.78 Å². The van der Waals surface area contributed by atoms with Crippen LogP contribution in [0.25, 0.3) is 11.1 Å². The van der Waals surface area contributed by atoms with Crippen LogP contribution in [-0.4, -0.2) is 29.9 Å². The molecule has 1 aromatic heterocycles. The van der Waals surface area contributed by atoms with Crippen LogP contribution in [0.5, 0.6) is 11.5 Å². The van der Waals surface area contributed by atoms with Gasteiger partial charge in [-0.25, -0.2) is 0 Å². The molecule has 0 fully saturated rings. The second-order valence-electron chi connectivity index (χ2n) is 5.46. The highest BCUT2D eigenvalue weighted by Crippen LogP contribution is 2.34. The average Bonchev–Trinajstić information content (AvgIpc) is 3.16. The van der Waals surface area contributed by atoms with Gasteiger partial charge >= 0.3 is 0 Å². The molecule has 2 aromatic carbocycles. The van der Waals surface area contributed by atoms with Crippen LogP contribution in [0, 0.1) is 10.1 Å². The van der Waals surface area contributed by atoms with E-state index in [-0.39, 0.29) is 11.3 Å². The molecular weight excluding hydrogens is 336 g/mol. The fourth-order valence-corrected chi connectivity index (χ4v) is 2.76. The first kappa shape index (κ1) is 17.2. The molecule has 0 atom stereocenters. The summed E-state index contributed by atoms with van der Waals surface area (Å²) in [5.41, 5.74) is 1.50. The number of benzene rings is 2. The Balaban J connectivity index is 2.07. The van der Waals surface area contributed by atoms with E-state index in [4.69, 9.17) is 9.47 Å². The number of rotatable bonds is 6. The first-order valence-electron chi connectivity index (χ1n) is 7.74. The van der Waals surface area contributed by atoms with E-state index in [0.717, 1.165) is 5.56 Å². The number of para-hydroxylation sites is 1. The lowest BCUT2D eigenvalue weighted by Crippen LogP contribution is -2.05. The van der Waals surface area contributed by atoms with E-state index < -0.39 is 10.7 Å². The molecule has 132 valence electrons. The molecule has 1 heterocycles. The number of ether oxygens (including phenoxy) is 2. The molecule has 0 aliphatic carbocycles. The molecule has 0 saturated carbocycles. The number of aromatic amines is 1. The summed E-state index contributed by atoms with van der Waals surface area (Å²) >= 11 is 0. The summed E-state index contributed by atoms with van der Waals surface area (Å²) in [6.45, 7) is 0. The minimum absolute atomic E-state index is 0.0406. The second-order valence-corrected chi connectivity index (χ2v) is 5.46. The third kappa shape index (κ3) is 3.02. The van der Waals surface area contributed by atoms with Crippen LogP contribution in [0.1, 0.15) is 15.9 Å². The van der Waals surface area contributed by atoms with Gasteiger partial charge in [-0.05, 0) is 23.8 Å². The Kier molecular flexibility index (Phi) is 4.70. The highest BCUT2D eigenvalue weighted by atomic mass is 16.6. The maximum atomic E-state index is 12.9. The Morgan fingerprint density at radius 1 is 1.00 bits per heavy atom. The number of carbonyl (C=O) groups is 1. The predicted molar refractivity (Wildman–Crippen MR) is 95.9 cm³/mol. The zero-order valence-electron chi connectivity index (χ0n) is 14.2. The van der Waals surface area contributed by atoms with Gasteiger partial charge in [0.15, 0.2) is 11.5 Å². The van der Waals surface area contributed by atoms with Crippen LogP contribution in [0.2, 0.25) is 0 Å². The van der Waals surface area contributed by atoms with E-state index in [9.17, 15) is 14.9 Å². The van der Waals surface area contributed by atoms with Gasteiger partial charge in [0, 0.05) is 29.6 Å². The van der Waals surface area contributed by atoms with E-state index >= 15 is 0 Å². The van der Waals surface area contributed by atoms with Gasteiger partial charge in [-0.15, -0.1) is 0 Å². The van der Waals surface area contributed by atoms with Gasteiger partial charge in [0.25, 0.3) is 5.69 Å². The highest BCUT2D eigenvalue weighted by molar-refractivity contribution is 6.14. The normalized spacial score (nSPS) is 10.4. The Hall–Kier alpha value is -3.61. The van der Waals surface area contributed by atoms with Crippen LogP contribution in [0.3, 0.4) is 0 Å². The maximum absolute atomic E-state index is 12.9. The molecular formula is C19H16N2O5. The minimum atomic E-state index is -0.560. The van der Waals surface area contributed by atoms with Crippen LogP contribution in [-0.2, 0) is 0 Å². The summed E-state index contributed by atoms with van der Waals surface area (Å²) in [5.74, 6) is 0.664. The zero-order chi connectivity index (χ0) is 18.7. The number of nitrogens with one attached hydrogen (secondary N) is 1. The van der Waals surface area contributed by atoms with E-state index in [1.165, 1.54) is 38.6 Å². The van der Waals surface area contributed by atoms with Crippen molar-refractivity contribution in [2.45, 2.75) is 0 Å². The fraction of sp³-hybridized carbons (Fsp3) is 0.105. The molecule has 1 N–H and O–H groups in total. The van der Waals surface area contributed by atoms with Crippen LogP contribution >= 0.6 is 0 Å². The molecule has 7 nitrogen and oxygen atoms in total. The number of H-pyrrole nitrogens is 1. The molecule has 7 heteroatoms. The number of nitro benzene ring substituents is 1. The fourth-order valence-electron chi connectivity index (χ4n) is 2.76. The standard InChI is InChI=1S/C19H16N2O5/c1-25-17-8-7-12(9-18(17)26-2)14-10-20-11-15(14)19(22)13-5-3-4-6-16(13)21(23)24/h3-11,20H,1-2H3. The molecule has 26 heavy (non-hydrogen) atoms. The van der Waals surface area contributed by atoms with E-state index in [2.05, 4.69) is 4.98 Å². The highest BCUT2D eigenvalue weighted by Gasteiger charge is 2.24. The number of hydrogen-bond donors (Lipinski definition) is 1. The van der Waals surface area contributed by atoms with Crippen molar-refractivity contribution in [3.63, 3.8) is 0 Å². The monoisotopic (exact) mass is 352 g/mol. The van der Waals surface area contributed by atoms with Crippen molar-refractivity contribution in [3.05, 3.63) is 76.1 Å². The summed E-state index contributed by atoms with van der Waals surface area (Å²) in [5, 5.41) is 11.2. The van der Waals surface area contributed by atoms with Crippen molar-refractivity contribution in [2.24, 2.45) is 0 Å². The number of nitrogens with zero attached hydrogens (tertiary/aromatic N) is 1. The minimum Gasteiger partial charge on any atom is -0.493 e. The molecule has 0 amide bonds. The first-order chi connectivity index (χ1) is 12.6. The number of carbonyl (C=O) groups excluding carboxylic acids is 1. The Bertz CT molecular complexity index is 978. The smallest absolute Gasteiger partial charge is 0.280 e. The lowest BCUT2D eigenvalue weighted by molar-refractivity contribution is -0.385. The molecule has 0 unspecified atom stereocenters. The molecule has 0 aliphatic rings. The summed E-state index contributed by atoms with van der Waals surface area (Å²) in [4.78, 5) is 26.5. The number of hydrogen-bond acceptors (Lipinski definition) is 5. The summed E-state index contributed by atoms with van der Waals surface area (Å²) < 4.78 is 10.5. The SMILES string of the molecule is COc1ccc(-c2c[nH]cc2C(=O)c2ccccc2[N+](=O)[O-])cc1OC. The van der Waals surface area contributed by atoms with E-state index in [1.54, 1.807) is 30.5 Å². The Morgan fingerprint density at radius 3 is 2.42 bits per heavy atom. The quantitative estimate of drug-likeness (QED) is 0.413. The Morgan fingerprint density at radius 2 is 1.73 bits per heavy atom. The van der Waals surface area contributed by atoms with Gasteiger partial charge in [0.05, 0.1) is 19.1 Å². The van der Waals surface area contributed by atoms with Crippen LogP contribution < -0.4 is 9.47 Å². The third-order valence-corrected chi connectivity index (χ3v) is 4.03. The van der Waals surface area contributed by atoms with Gasteiger partial charge < -0.3 is 14.5 Å². The lowest BCUT2D eigenvalue weighted by atomic mass is 9.97. The van der Waals surface area contributed by atoms with Gasteiger partial charge in [-0.1, -0.05) is 18.2 Å². The molecule has 0 bridgehead atoms. The number of nitro groups is 1. The van der Waals surface area contributed by atoms with Crippen molar-refractivity contribution >= 4 is 11.5 Å². The maximum Gasteiger partial charge on any atom is 0.280 e. The zero-order valence-corrected chi connectivity index (χ0v) is 14.2. The number of ketones is 1. The summed E-state index contributed by atoms with van der Waals surface area (Å²) in [7, 11) is 3.06. The molecule has 0 saturated heterocycles. The average molecular weight is 352 g/mol. The molecule has 3 aromatic rings. The molecule has 0 radical (unpaired) electrons. The summed E-state index contributed by atoms with van der Waals surface area (Å²) in [6, 6.07) is 11.2. The largest absolute Gasteiger partial charge is 0.493 e. The first-order valence-corrected chi connectivity index (χ1v) is 7.74. The van der Waals surface area contributed by atoms with E-state index in [1.807, 2.05) is 0 Å². The van der Waals surface area contributed by atoms with Crippen LogP contribution in [0.4, 0.5) is 5.69 Å². The van der Waals surface area contributed by atoms with Gasteiger partial charge in [-0.2, -0.15) is 0 Å². The van der Waals surface area contributed by atoms with Crippen molar-refractivity contribution in [3.8, 4) is 22.6 Å². The predicted octanol–water partition coefficient (Wildman–Crippen LogP) is 3.84. The van der Waals surface area contributed by atoms with Crippen molar-refractivity contribution in [1.82, 2.24) is 4.98 Å². The van der Waals surface area contributed by atoms with Gasteiger partial charge in [0.1, 0.15) is 5.56 Å². The van der Waals surface area contributed by atoms with E-state index in [0.29, 0.717) is 22.6 Å². The second kappa shape index (κ2) is 7.10. The molecule has 3 rings (SSSR count). The lowest BCUT2D eigenvalue weighted by Gasteiger charge is -2.10. The number of aromatic nitrogens is 1. The Labute approximate surface area is 149 Å². The summed E-state index contributed by atoms with van der Waals surface area (Å²) in [6.07, 6.45) is 3.20.